The minimum atomic E-state index is -0.0145. The van der Waals surface area contributed by atoms with Gasteiger partial charge in [0.1, 0.15) is 0 Å². The first-order valence-corrected chi connectivity index (χ1v) is 5.60. The van der Waals surface area contributed by atoms with Gasteiger partial charge in [-0.25, -0.2) is 0 Å². The topological polar surface area (TPSA) is 23.5 Å². The summed E-state index contributed by atoms with van der Waals surface area (Å²) in [5, 5.41) is 9.73. The molecule has 13 heavy (non-hydrogen) atoms. The first-order chi connectivity index (χ1) is 6.24. The highest BCUT2D eigenvalue weighted by molar-refractivity contribution is 4.80. The van der Waals surface area contributed by atoms with Gasteiger partial charge in [-0.1, -0.05) is 0 Å². The second-order valence-corrected chi connectivity index (χ2v) is 5.00. The Labute approximate surface area is 80.9 Å². The molecule has 1 saturated carbocycles. The maximum absolute atomic E-state index is 9.73. The van der Waals surface area contributed by atoms with E-state index in [1.807, 2.05) is 0 Å². The first-order valence-electron chi connectivity index (χ1n) is 5.60. The zero-order valence-electron chi connectivity index (χ0n) is 8.58. The molecule has 0 aromatic carbocycles. The molecular weight excluding hydrogens is 162 g/mol. The zero-order valence-corrected chi connectivity index (χ0v) is 8.58. The third-order valence-corrected chi connectivity index (χ3v) is 3.64. The van der Waals surface area contributed by atoms with Crippen LogP contribution in [0.1, 0.15) is 32.1 Å². The van der Waals surface area contributed by atoms with Crippen molar-refractivity contribution in [3.05, 3.63) is 0 Å². The van der Waals surface area contributed by atoms with Gasteiger partial charge in [-0.2, -0.15) is 0 Å². The van der Waals surface area contributed by atoms with Crippen LogP contribution < -0.4 is 0 Å². The summed E-state index contributed by atoms with van der Waals surface area (Å²) in [5.41, 5.74) is 0. The lowest BCUT2D eigenvalue weighted by Gasteiger charge is -2.22. The van der Waals surface area contributed by atoms with Crippen LogP contribution >= 0.6 is 0 Å². The minimum absolute atomic E-state index is 0.0145. The van der Waals surface area contributed by atoms with Crippen LogP contribution in [0.5, 0.6) is 0 Å². The molecule has 2 nitrogen and oxygen atoms in total. The molecule has 3 atom stereocenters. The molecule has 0 radical (unpaired) electrons. The molecule has 2 heteroatoms. The van der Waals surface area contributed by atoms with Gasteiger partial charge < -0.3 is 10.0 Å². The molecule has 1 N–H and O–H groups in total. The summed E-state index contributed by atoms with van der Waals surface area (Å²) in [6, 6.07) is 0. The lowest BCUT2D eigenvalue weighted by molar-refractivity contribution is 0.115. The largest absolute Gasteiger partial charge is 0.393 e. The van der Waals surface area contributed by atoms with Gasteiger partial charge in [-0.3, -0.25) is 0 Å². The van der Waals surface area contributed by atoms with Crippen molar-refractivity contribution >= 4 is 0 Å². The van der Waals surface area contributed by atoms with Crippen LogP contribution in [-0.4, -0.2) is 36.2 Å². The van der Waals surface area contributed by atoms with Gasteiger partial charge in [-0.05, 0) is 51.0 Å². The molecule has 3 unspecified atom stereocenters. The molecule has 2 bridgehead atoms. The summed E-state index contributed by atoms with van der Waals surface area (Å²) < 4.78 is 0. The van der Waals surface area contributed by atoms with Crippen LogP contribution in [-0.2, 0) is 0 Å². The Morgan fingerprint density at radius 1 is 1.00 bits per heavy atom. The smallest absolute Gasteiger partial charge is 0.0543 e. The monoisotopic (exact) mass is 183 g/mol. The molecule has 0 aromatic rings. The van der Waals surface area contributed by atoms with Gasteiger partial charge in [0, 0.05) is 13.1 Å². The molecular formula is C11H21NO. The van der Waals surface area contributed by atoms with Gasteiger partial charge in [0.25, 0.3) is 0 Å². The number of fused-ring (bicyclic) bond motifs is 3. The van der Waals surface area contributed by atoms with Crippen LogP contribution in [0, 0.1) is 11.8 Å². The van der Waals surface area contributed by atoms with Gasteiger partial charge in [0.05, 0.1) is 6.10 Å². The van der Waals surface area contributed by atoms with E-state index in [-0.39, 0.29) is 6.10 Å². The van der Waals surface area contributed by atoms with Crippen molar-refractivity contribution in [1.29, 1.82) is 0 Å². The highest BCUT2D eigenvalue weighted by Gasteiger charge is 2.27. The number of aliphatic hydroxyl groups excluding tert-OH is 1. The molecule has 2 fully saturated rings. The quantitative estimate of drug-likeness (QED) is 0.615. The zero-order chi connectivity index (χ0) is 9.26. The highest BCUT2D eigenvalue weighted by atomic mass is 16.3. The summed E-state index contributed by atoms with van der Waals surface area (Å²) in [4.78, 5) is 2.46. The fourth-order valence-electron chi connectivity index (χ4n) is 2.97. The van der Waals surface area contributed by atoms with Crippen molar-refractivity contribution in [3.63, 3.8) is 0 Å². The number of hydrogen-bond donors (Lipinski definition) is 1. The summed E-state index contributed by atoms with van der Waals surface area (Å²) in [6.45, 7) is 2.46. The number of hydrogen-bond acceptors (Lipinski definition) is 2. The van der Waals surface area contributed by atoms with Crippen LogP contribution in [0.15, 0.2) is 0 Å². The number of rotatable bonds is 0. The highest BCUT2D eigenvalue weighted by Crippen LogP contribution is 2.30. The number of nitrogens with zero attached hydrogens (tertiary/aromatic N) is 1. The third kappa shape index (κ3) is 2.44. The molecule has 76 valence electrons. The lowest BCUT2D eigenvalue weighted by atomic mass is 9.86. The van der Waals surface area contributed by atoms with E-state index in [0.29, 0.717) is 0 Å². The van der Waals surface area contributed by atoms with Crippen molar-refractivity contribution in [1.82, 2.24) is 4.90 Å². The average molecular weight is 183 g/mol. The van der Waals surface area contributed by atoms with E-state index >= 15 is 0 Å². The van der Waals surface area contributed by atoms with Crippen LogP contribution in [0.25, 0.3) is 0 Å². The van der Waals surface area contributed by atoms with Crippen molar-refractivity contribution in [2.24, 2.45) is 11.8 Å². The van der Waals surface area contributed by atoms with Gasteiger partial charge >= 0.3 is 0 Å². The van der Waals surface area contributed by atoms with E-state index in [4.69, 9.17) is 0 Å². The van der Waals surface area contributed by atoms with Crippen LogP contribution in [0.2, 0.25) is 0 Å². The van der Waals surface area contributed by atoms with Crippen molar-refractivity contribution in [3.8, 4) is 0 Å². The fraction of sp³-hybridized carbons (Fsp3) is 1.00. The molecule has 1 heterocycles. The van der Waals surface area contributed by atoms with E-state index in [2.05, 4.69) is 11.9 Å². The Morgan fingerprint density at radius 2 is 1.62 bits per heavy atom. The summed E-state index contributed by atoms with van der Waals surface area (Å²) in [6.07, 6.45) is 6.03. The molecule has 0 amide bonds. The summed E-state index contributed by atoms with van der Waals surface area (Å²) in [5.74, 6) is 1.61. The van der Waals surface area contributed by atoms with Gasteiger partial charge in [0.15, 0.2) is 0 Å². The van der Waals surface area contributed by atoms with E-state index < -0.39 is 0 Å². The van der Waals surface area contributed by atoms with E-state index in [1.54, 1.807) is 0 Å². The van der Waals surface area contributed by atoms with Gasteiger partial charge in [0.2, 0.25) is 0 Å². The van der Waals surface area contributed by atoms with Crippen LogP contribution in [0.3, 0.4) is 0 Å². The third-order valence-electron chi connectivity index (χ3n) is 3.64. The maximum atomic E-state index is 9.73. The fourth-order valence-corrected chi connectivity index (χ4v) is 2.97. The number of aliphatic hydroxyl groups is 1. The predicted octanol–water partition coefficient (Wildman–Crippen LogP) is 1.49. The second-order valence-electron chi connectivity index (χ2n) is 5.00. The minimum Gasteiger partial charge on any atom is -0.393 e. The van der Waals surface area contributed by atoms with E-state index in [0.717, 1.165) is 24.7 Å². The Bertz CT molecular complexity index is 169. The number of likely N-dealkylation sites (tertiary alicyclic amines) is 1. The molecule has 1 aliphatic carbocycles. The molecule has 0 spiro atoms. The van der Waals surface area contributed by atoms with Crippen LogP contribution in [0.4, 0.5) is 0 Å². The second kappa shape index (κ2) is 3.97. The predicted molar refractivity (Wildman–Crippen MR) is 53.6 cm³/mol. The molecule has 0 aromatic heterocycles. The average Bonchev–Trinajstić information content (AvgIpc) is 2.18. The SMILES string of the molecule is CN1CC2CCC(O)CC(CC2)C1. The molecule has 2 aliphatic rings. The van der Waals surface area contributed by atoms with Crippen molar-refractivity contribution in [2.45, 2.75) is 38.2 Å². The normalized spacial score (nSPS) is 42.5. The maximum Gasteiger partial charge on any atom is 0.0543 e. The summed E-state index contributed by atoms with van der Waals surface area (Å²) >= 11 is 0. The van der Waals surface area contributed by atoms with Gasteiger partial charge in [-0.15, -0.1) is 0 Å². The Hall–Kier alpha value is -0.0800. The van der Waals surface area contributed by atoms with Crippen molar-refractivity contribution in [2.75, 3.05) is 20.1 Å². The Morgan fingerprint density at radius 3 is 2.46 bits per heavy atom. The molecule has 2 rings (SSSR count). The van der Waals surface area contributed by atoms with E-state index in [1.165, 1.54) is 32.4 Å². The summed E-state index contributed by atoms with van der Waals surface area (Å²) in [7, 11) is 2.23. The Kier molecular flexibility index (Phi) is 2.89. The standard InChI is InChI=1S/C11H21NO/c1-12-7-9-2-3-10(8-12)6-11(13)5-4-9/h9-11,13H,2-8H2,1H3. The van der Waals surface area contributed by atoms with E-state index in [9.17, 15) is 5.11 Å². The molecule has 1 aliphatic heterocycles. The lowest BCUT2D eigenvalue weighted by Crippen LogP contribution is -2.26. The van der Waals surface area contributed by atoms with Crippen molar-refractivity contribution < 1.29 is 5.11 Å². The first kappa shape index (κ1) is 9.47. The Balaban J connectivity index is 2.04. The molecule has 1 saturated heterocycles.